The van der Waals surface area contributed by atoms with E-state index in [0.29, 0.717) is 22.8 Å². The minimum atomic E-state index is -0.140. The third kappa shape index (κ3) is 3.49. The zero-order valence-corrected chi connectivity index (χ0v) is 12.7. The van der Waals surface area contributed by atoms with E-state index in [2.05, 4.69) is 5.32 Å². The van der Waals surface area contributed by atoms with E-state index in [1.54, 1.807) is 18.2 Å². The summed E-state index contributed by atoms with van der Waals surface area (Å²) in [4.78, 5) is 12.2. The first-order valence-electron chi connectivity index (χ1n) is 7.34. The second-order valence-corrected chi connectivity index (χ2v) is 5.32. The van der Waals surface area contributed by atoms with Gasteiger partial charge in [-0.15, -0.1) is 0 Å². The molecule has 0 unspecified atom stereocenters. The maximum absolute atomic E-state index is 12.2. The number of aliphatic hydroxyl groups excluding tert-OH is 1. The number of hydrogen-bond donors (Lipinski definition) is 2. The predicted molar refractivity (Wildman–Crippen MR) is 89.2 cm³/mol. The Bertz CT molecular complexity index is 801. The molecule has 1 heterocycles. The summed E-state index contributed by atoms with van der Waals surface area (Å²) in [6.45, 7) is 1.86. The maximum atomic E-state index is 12.2. The topological polar surface area (TPSA) is 62.5 Å². The minimum absolute atomic E-state index is 0.120. The van der Waals surface area contributed by atoms with E-state index in [4.69, 9.17) is 9.52 Å². The Kier molecular flexibility index (Phi) is 4.26. The summed E-state index contributed by atoms with van der Waals surface area (Å²) in [6, 6.07) is 18.4. The lowest BCUT2D eigenvalue weighted by atomic mass is 10.1. The Balaban J connectivity index is 1.72. The van der Waals surface area contributed by atoms with E-state index in [1.165, 1.54) is 0 Å². The third-order valence-electron chi connectivity index (χ3n) is 3.56. The molecule has 0 aliphatic heterocycles. The number of rotatable bonds is 4. The van der Waals surface area contributed by atoms with Crippen LogP contribution >= 0.6 is 0 Å². The van der Waals surface area contributed by atoms with Crippen molar-refractivity contribution in [2.75, 3.05) is 5.32 Å². The molecule has 0 aliphatic rings. The van der Waals surface area contributed by atoms with Crippen molar-refractivity contribution in [3.05, 3.63) is 77.6 Å². The molecule has 2 aromatic carbocycles. The van der Waals surface area contributed by atoms with Crippen LogP contribution in [0, 0.1) is 6.92 Å². The van der Waals surface area contributed by atoms with Crippen LogP contribution in [0.15, 0.2) is 65.1 Å². The summed E-state index contributed by atoms with van der Waals surface area (Å²) in [6.07, 6.45) is 0. The molecule has 23 heavy (non-hydrogen) atoms. The molecule has 2 N–H and O–H groups in total. The first-order chi connectivity index (χ1) is 11.2. The number of carbonyl (C=O) groups excluding carboxylic acids is 1. The van der Waals surface area contributed by atoms with Crippen LogP contribution in [-0.2, 0) is 6.61 Å². The van der Waals surface area contributed by atoms with Gasteiger partial charge in [-0.05, 0) is 55.5 Å². The number of furan rings is 1. The minimum Gasteiger partial charge on any atom is -0.459 e. The van der Waals surface area contributed by atoms with Gasteiger partial charge in [-0.25, -0.2) is 0 Å². The molecule has 0 radical (unpaired) electrons. The fraction of sp³-hybridized carbons (Fsp3) is 0.105. The van der Waals surface area contributed by atoms with E-state index in [9.17, 15) is 4.79 Å². The molecule has 4 nitrogen and oxygen atoms in total. The summed E-state index contributed by atoms with van der Waals surface area (Å²) in [7, 11) is 0. The van der Waals surface area contributed by atoms with Crippen molar-refractivity contribution in [1.82, 2.24) is 0 Å². The number of hydrogen-bond acceptors (Lipinski definition) is 3. The zero-order chi connectivity index (χ0) is 16.2. The van der Waals surface area contributed by atoms with E-state index in [1.807, 2.05) is 49.4 Å². The highest BCUT2D eigenvalue weighted by molar-refractivity contribution is 6.04. The highest BCUT2D eigenvalue weighted by atomic mass is 16.4. The Morgan fingerprint density at radius 2 is 1.70 bits per heavy atom. The van der Waals surface area contributed by atoms with Gasteiger partial charge in [-0.1, -0.05) is 17.7 Å². The monoisotopic (exact) mass is 307 g/mol. The molecule has 0 spiro atoms. The molecule has 4 heteroatoms. The average Bonchev–Trinajstić information content (AvgIpc) is 3.05. The van der Waals surface area contributed by atoms with Gasteiger partial charge >= 0.3 is 0 Å². The maximum Gasteiger partial charge on any atom is 0.255 e. The van der Waals surface area contributed by atoms with Gasteiger partial charge < -0.3 is 14.8 Å². The van der Waals surface area contributed by atoms with Gasteiger partial charge in [-0.3, -0.25) is 4.79 Å². The first-order valence-corrected chi connectivity index (χ1v) is 7.34. The average molecular weight is 307 g/mol. The molecule has 0 bridgehead atoms. The second-order valence-electron chi connectivity index (χ2n) is 5.32. The fourth-order valence-electron chi connectivity index (χ4n) is 2.24. The zero-order valence-electron chi connectivity index (χ0n) is 12.7. The molecule has 0 aliphatic carbocycles. The molecule has 3 rings (SSSR count). The molecule has 0 fully saturated rings. The fourth-order valence-corrected chi connectivity index (χ4v) is 2.24. The normalized spacial score (nSPS) is 10.5. The van der Waals surface area contributed by atoms with Crippen LogP contribution in [0.5, 0.6) is 0 Å². The van der Waals surface area contributed by atoms with Crippen molar-refractivity contribution >= 4 is 11.6 Å². The molecular weight excluding hydrogens is 290 g/mol. The molecule has 1 amide bonds. The number of aryl methyl sites for hydroxylation is 1. The second kappa shape index (κ2) is 6.50. The lowest BCUT2D eigenvalue weighted by molar-refractivity contribution is 0.102. The van der Waals surface area contributed by atoms with Crippen molar-refractivity contribution in [2.45, 2.75) is 13.5 Å². The largest absolute Gasteiger partial charge is 0.459 e. The van der Waals surface area contributed by atoms with Crippen LogP contribution in [0.25, 0.3) is 11.3 Å². The van der Waals surface area contributed by atoms with Crippen molar-refractivity contribution in [1.29, 1.82) is 0 Å². The molecule has 0 saturated carbocycles. The van der Waals surface area contributed by atoms with Crippen molar-refractivity contribution in [3.63, 3.8) is 0 Å². The quantitative estimate of drug-likeness (QED) is 0.766. The predicted octanol–water partition coefficient (Wildman–Crippen LogP) is 4.00. The van der Waals surface area contributed by atoms with Gasteiger partial charge in [-0.2, -0.15) is 0 Å². The highest BCUT2D eigenvalue weighted by Crippen LogP contribution is 2.24. The van der Waals surface area contributed by atoms with E-state index in [0.717, 1.165) is 11.1 Å². The van der Waals surface area contributed by atoms with Crippen LogP contribution in [0.2, 0.25) is 0 Å². The van der Waals surface area contributed by atoms with Crippen LogP contribution < -0.4 is 5.32 Å². The smallest absolute Gasteiger partial charge is 0.255 e. The van der Waals surface area contributed by atoms with Crippen LogP contribution in [-0.4, -0.2) is 11.0 Å². The van der Waals surface area contributed by atoms with Gasteiger partial charge in [0, 0.05) is 16.8 Å². The number of amides is 1. The molecule has 1 aromatic heterocycles. The van der Waals surface area contributed by atoms with Gasteiger partial charge in [0.15, 0.2) is 0 Å². The van der Waals surface area contributed by atoms with Gasteiger partial charge in [0.25, 0.3) is 5.91 Å². The highest BCUT2D eigenvalue weighted by Gasteiger charge is 2.07. The number of anilines is 1. The van der Waals surface area contributed by atoms with Crippen molar-refractivity contribution in [2.24, 2.45) is 0 Å². The Hall–Kier alpha value is -2.85. The van der Waals surface area contributed by atoms with Gasteiger partial charge in [0.05, 0.1) is 0 Å². The van der Waals surface area contributed by atoms with Crippen LogP contribution in [0.1, 0.15) is 21.7 Å². The lowest BCUT2D eigenvalue weighted by Crippen LogP contribution is -2.11. The third-order valence-corrected chi connectivity index (χ3v) is 3.56. The van der Waals surface area contributed by atoms with Gasteiger partial charge in [0.1, 0.15) is 18.1 Å². The molecule has 3 aromatic rings. The summed E-state index contributed by atoms with van der Waals surface area (Å²) >= 11 is 0. The SMILES string of the molecule is Cc1ccc(C(=O)Nc2ccc(-c3ccc(CO)o3)cc2)cc1. The van der Waals surface area contributed by atoms with Crippen molar-refractivity contribution < 1.29 is 14.3 Å². The molecule has 116 valence electrons. The van der Waals surface area contributed by atoms with Crippen LogP contribution in [0.4, 0.5) is 5.69 Å². The first kappa shape index (κ1) is 15.1. The van der Waals surface area contributed by atoms with E-state index >= 15 is 0 Å². The summed E-state index contributed by atoms with van der Waals surface area (Å²) in [5.74, 6) is 1.07. The number of aliphatic hydroxyl groups is 1. The Morgan fingerprint density at radius 1 is 1.00 bits per heavy atom. The summed E-state index contributed by atoms with van der Waals surface area (Å²) in [5.41, 5.74) is 3.34. The standard InChI is InChI=1S/C19H17NO3/c1-13-2-4-15(5-3-13)19(22)20-16-8-6-14(7-9-16)18-11-10-17(12-21)23-18/h2-11,21H,12H2,1H3,(H,20,22). The van der Waals surface area contributed by atoms with Crippen molar-refractivity contribution in [3.8, 4) is 11.3 Å². The number of carbonyl (C=O) groups is 1. The molecular formula is C19H17NO3. The van der Waals surface area contributed by atoms with E-state index < -0.39 is 0 Å². The lowest BCUT2D eigenvalue weighted by Gasteiger charge is -2.06. The summed E-state index contributed by atoms with van der Waals surface area (Å²) in [5, 5.41) is 11.9. The molecule has 0 atom stereocenters. The van der Waals surface area contributed by atoms with Gasteiger partial charge in [0.2, 0.25) is 0 Å². The summed E-state index contributed by atoms with van der Waals surface area (Å²) < 4.78 is 5.48. The number of benzene rings is 2. The molecule has 0 saturated heterocycles. The van der Waals surface area contributed by atoms with Crippen LogP contribution in [0.3, 0.4) is 0 Å². The Labute approximate surface area is 134 Å². The Morgan fingerprint density at radius 3 is 2.30 bits per heavy atom. The number of nitrogens with one attached hydrogen (secondary N) is 1. The van der Waals surface area contributed by atoms with E-state index in [-0.39, 0.29) is 12.5 Å².